The molecule has 18 heavy (non-hydrogen) atoms. The van der Waals surface area contributed by atoms with Gasteiger partial charge in [0.15, 0.2) is 0 Å². The van der Waals surface area contributed by atoms with Gasteiger partial charge in [-0.25, -0.2) is 0 Å². The molecule has 0 aliphatic rings. The van der Waals surface area contributed by atoms with Gasteiger partial charge in [0.25, 0.3) is 0 Å². The number of benzene rings is 2. The van der Waals surface area contributed by atoms with Gasteiger partial charge in [0.05, 0.1) is 6.61 Å². The molecule has 0 aromatic heterocycles. The molecule has 0 heterocycles. The Hall–Kier alpha value is -0.704. The van der Waals surface area contributed by atoms with Crippen molar-refractivity contribution in [1.82, 2.24) is 0 Å². The van der Waals surface area contributed by atoms with Crippen LogP contribution in [0.2, 0.25) is 5.02 Å². The molecule has 0 atom stereocenters. The van der Waals surface area contributed by atoms with Crippen LogP contribution in [-0.4, -0.2) is 29.7 Å². The summed E-state index contributed by atoms with van der Waals surface area (Å²) in [7, 11) is 0. The Morgan fingerprint density at radius 1 is 1.17 bits per heavy atom. The zero-order valence-electron chi connectivity index (χ0n) is 9.74. The summed E-state index contributed by atoms with van der Waals surface area (Å²) in [5.41, 5.74) is 2.31. The van der Waals surface area contributed by atoms with Crippen molar-refractivity contribution < 1.29 is 4.74 Å². The second-order valence-corrected chi connectivity index (χ2v) is 4.18. The molecule has 0 aliphatic carbocycles. The van der Waals surface area contributed by atoms with E-state index in [1.54, 1.807) is 0 Å². The normalized spacial score (nSPS) is 9.67. The predicted octanol–water partition coefficient (Wildman–Crippen LogP) is 3.21. The van der Waals surface area contributed by atoms with Crippen molar-refractivity contribution >= 4 is 34.7 Å². The van der Waals surface area contributed by atoms with Crippen LogP contribution >= 0.6 is 11.6 Å². The first-order valence-corrected chi connectivity index (χ1v) is 6.03. The van der Waals surface area contributed by atoms with Gasteiger partial charge in [0.2, 0.25) is 0 Å². The Kier molecular flexibility index (Phi) is 6.54. The lowest BCUT2D eigenvalue weighted by atomic mass is 10.1. The molecule has 0 saturated heterocycles. The van der Waals surface area contributed by atoms with Crippen molar-refractivity contribution in [3.63, 3.8) is 0 Å². The summed E-state index contributed by atoms with van der Waals surface area (Å²) >= 11 is 6.11. The summed E-state index contributed by atoms with van der Waals surface area (Å²) in [5, 5.41) is 0.789. The summed E-state index contributed by atoms with van der Waals surface area (Å²) < 4.78 is 5.40. The highest BCUT2D eigenvalue weighted by atomic mass is 35.5. The molecular formula is C15H16ClMgO. The van der Waals surface area contributed by atoms with Gasteiger partial charge in [-0.1, -0.05) is 29.8 Å². The number of rotatable bonds is 4. The van der Waals surface area contributed by atoms with Gasteiger partial charge in [0, 0.05) is 5.02 Å². The third-order valence-corrected chi connectivity index (χ3v) is 2.89. The molecule has 0 fully saturated rings. The Morgan fingerprint density at radius 2 is 1.89 bits per heavy atom. The van der Waals surface area contributed by atoms with Crippen LogP contribution in [0.25, 0.3) is 0 Å². The molecule has 91 valence electrons. The van der Waals surface area contributed by atoms with Gasteiger partial charge in [-0.2, -0.15) is 0 Å². The number of ether oxygens (including phenoxy) is 1. The van der Waals surface area contributed by atoms with Gasteiger partial charge >= 0.3 is 23.1 Å². The summed E-state index contributed by atoms with van der Waals surface area (Å²) in [5.74, 6) is 0.905. The highest BCUT2D eigenvalue weighted by molar-refractivity contribution is 6.31. The third kappa shape index (κ3) is 4.20. The molecule has 0 aliphatic heterocycles. The molecule has 0 bridgehead atoms. The molecule has 2 aromatic carbocycles. The van der Waals surface area contributed by atoms with Gasteiger partial charge in [-0.3, -0.25) is 0 Å². The van der Waals surface area contributed by atoms with E-state index >= 15 is 0 Å². The first-order valence-electron chi connectivity index (χ1n) is 5.66. The quantitative estimate of drug-likeness (QED) is 0.776. The SMILES string of the molecule is CCOc1ccc(Cc2c[c]ccc2Cl)cc1.[MgH2]. The fourth-order valence-corrected chi connectivity index (χ4v) is 1.86. The van der Waals surface area contributed by atoms with Gasteiger partial charge < -0.3 is 4.74 Å². The van der Waals surface area contributed by atoms with E-state index in [-0.39, 0.29) is 23.1 Å². The minimum absolute atomic E-state index is 0. The monoisotopic (exact) mass is 271 g/mol. The molecule has 0 unspecified atom stereocenters. The Bertz CT molecular complexity index is 482. The maximum Gasteiger partial charge on any atom is 0.316 e. The van der Waals surface area contributed by atoms with E-state index in [9.17, 15) is 0 Å². The van der Waals surface area contributed by atoms with Crippen LogP contribution in [0.5, 0.6) is 5.75 Å². The van der Waals surface area contributed by atoms with Crippen molar-refractivity contribution in [1.29, 1.82) is 0 Å². The number of halogens is 1. The molecule has 0 spiro atoms. The fraction of sp³-hybridized carbons (Fsp3) is 0.200. The van der Waals surface area contributed by atoms with Crippen LogP contribution in [0.1, 0.15) is 18.1 Å². The van der Waals surface area contributed by atoms with Crippen molar-refractivity contribution in [3.05, 3.63) is 64.7 Å². The molecule has 3 heteroatoms. The van der Waals surface area contributed by atoms with E-state index in [1.807, 2.05) is 37.3 Å². The molecule has 0 saturated carbocycles. The zero-order chi connectivity index (χ0) is 12.1. The minimum Gasteiger partial charge on any atom is -0.494 e. The smallest absolute Gasteiger partial charge is 0.316 e. The molecule has 2 rings (SSSR count). The van der Waals surface area contributed by atoms with Gasteiger partial charge in [-0.15, -0.1) is 0 Å². The Balaban J connectivity index is 0.00000162. The minimum atomic E-state index is 0. The van der Waals surface area contributed by atoms with Crippen LogP contribution in [0, 0.1) is 6.07 Å². The average molecular weight is 272 g/mol. The first-order chi connectivity index (χ1) is 8.29. The van der Waals surface area contributed by atoms with Crippen LogP contribution in [0.15, 0.2) is 42.5 Å². The van der Waals surface area contributed by atoms with E-state index in [0.717, 1.165) is 22.8 Å². The lowest BCUT2D eigenvalue weighted by Crippen LogP contribution is -1.93. The lowest BCUT2D eigenvalue weighted by Gasteiger charge is -2.06. The van der Waals surface area contributed by atoms with E-state index in [1.165, 1.54) is 5.56 Å². The van der Waals surface area contributed by atoms with E-state index in [4.69, 9.17) is 16.3 Å². The zero-order valence-corrected chi connectivity index (χ0v) is 10.5. The summed E-state index contributed by atoms with van der Waals surface area (Å²) in [6.07, 6.45) is 0.822. The van der Waals surface area contributed by atoms with Crippen LogP contribution in [-0.2, 0) is 6.42 Å². The maximum atomic E-state index is 6.11. The summed E-state index contributed by atoms with van der Waals surface area (Å²) in [4.78, 5) is 0. The van der Waals surface area contributed by atoms with E-state index < -0.39 is 0 Å². The van der Waals surface area contributed by atoms with Crippen LogP contribution < -0.4 is 4.74 Å². The molecule has 1 radical (unpaired) electrons. The average Bonchev–Trinajstić information content (AvgIpc) is 2.35. The van der Waals surface area contributed by atoms with Crippen molar-refractivity contribution in [2.24, 2.45) is 0 Å². The largest absolute Gasteiger partial charge is 0.494 e. The third-order valence-electron chi connectivity index (χ3n) is 2.52. The standard InChI is InChI=1S/C15H14ClO.Mg.2H/c1-2-17-14-9-7-12(8-10-14)11-13-5-3-4-6-15(13)16;;;/h4-10H,2,11H2,1H3;;;. The topological polar surface area (TPSA) is 9.23 Å². The Labute approximate surface area is 129 Å². The van der Waals surface area contributed by atoms with Gasteiger partial charge in [0.1, 0.15) is 5.75 Å². The Morgan fingerprint density at radius 3 is 2.50 bits per heavy atom. The second kappa shape index (κ2) is 7.67. The fourth-order valence-electron chi connectivity index (χ4n) is 1.67. The second-order valence-electron chi connectivity index (χ2n) is 3.77. The highest BCUT2D eigenvalue weighted by Gasteiger charge is 2.01. The van der Waals surface area contributed by atoms with Crippen molar-refractivity contribution in [3.8, 4) is 5.75 Å². The molecular weight excluding hydrogens is 256 g/mol. The molecule has 0 N–H and O–H groups in total. The van der Waals surface area contributed by atoms with Crippen LogP contribution in [0.3, 0.4) is 0 Å². The lowest BCUT2D eigenvalue weighted by molar-refractivity contribution is 0.340. The molecule has 1 nitrogen and oxygen atoms in total. The van der Waals surface area contributed by atoms with E-state index in [0.29, 0.717) is 6.61 Å². The molecule has 2 aromatic rings. The van der Waals surface area contributed by atoms with E-state index in [2.05, 4.69) is 18.2 Å². The van der Waals surface area contributed by atoms with Gasteiger partial charge in [-0.05, 0) is 54.8 Å². The summed E-state index contributed by atoms with van der Waals surface area (Å²) in [6, 6.07) is 16.8. The van der Waals surface area contributed by atoms with Crippen LogP contribution in [0.4, 0.5) is 0 Å². The number of hydrogen-bond acceptors (Lipinski definition) is 1. The van der Waals surface area contributed by atoms with Crippen molar-refractivity contribution in [2.45, 2.75) is 13.3 Å². The highest BCUT2D eigenvalue weighted by Crippen LogP contribution is 2.20. The van der Waals surface area contributed by atoms with Crippen molar-refractivity contribution in [2.75, 3.05) is 6.61 Å². The number of hydrogen-bond donors (Lipinski definition) is 0. The predicted molar refractivity (Wildman–Crippen MR) is 79.2 cm³/mol. The first kappa shape index (κ1) is 15.4. The molecule has 0 amide bonds. The maximum absolute atomic E-state index is 6.11. The summed E-state index contributed by atoms with van der Waals surface area (Å²) in [6.45, 7) is 2.67.